The Morgan fingerprint density at radius 2 is 2.33 bits per heavy atom. The molecular weight excluding hydrogens is 253 g/mol. The second-order valence-corrected chi connectivity index (χ2v) is 5.54. The number of halogens is 2. The van der Waals surface area contributed by atoms with Crippen molar-refractivity contribution in [1.29, 1.82) is 0 Å². The summed E-state index contributed by atoms with van der Waals surface area (Å²) < 4.78 is 19.4. The van der Waals surface area contributed by atoms with Gasteiger partial charge in [-0.25, -0.2) is 4.39 Å². The largest absolute Gasteiger partial charge is 0.381 e. The Bertz CT molecular complexity index is 399. The summed E-state index contributed by atoms with van der Waals surface area (Å²) in [5.41, 5.74) is 0.668. The van der Waals surface area contributed by atoms with E-state index in [1.54, 1.807) is 12.1 Å². The summed E-state index contributed by atoms with van der Waals surface area (Å²) in [5, 5.41) is 3.78. The second kappa shape index (κ2) is 6.00. The van der Waals surface area contributed by atoms with Gasteiger partial charge >= 0.3 is 0 Å². The summed E-state index contributed by atoms with van der Waals surface area (Å²) in [6.07, 6.45) is 2.75. The number of benzene rings is 1. The van der Waals surface area contributed by atoms with E-state index >= 15 is 0 Å². The zero-order valence-electron chi connectivity index (χ0n) is 10.6. The molecule has 0 bridgehead atoms. The van der Waals surface area contributed by atoms with Crippen molar-refractivity contribution in [1.82, 2.24) is 5.32 Å². The molecule has 1 unspecified atom stereocenters. The molecule has 1 atom stereocenters. The second-order valence-electron chi connectivity index (χ2n) is 5.10. The highest BCUT2D eigenvalue weighted by Crippen LogP contribution is 2.33. The lowest BCUT2D eigenvalue weighted by molar-refractivity contribution is -0.00661. The quantitative estimate of drug-likeness (QED) is 0.909. The average molecular weight is 272 g/mol. The van der Waals surface area contributed by atoms with Crippen LogP contribution in [-0.2, 0) is 11.2 Å². The lowest BCUT2D eigenvalue weighted by atomic mass is 9.77. The molecular formula is C14H19ClFNO. The average Bonchev–Trinajstić information content (AvgIpc) is 2.35. The Labute approximate surface area is 112 Å². The molecule has 1 aromatic carbocycles. The summed E-state index contributed by atoms with van der Waals surface area (Å²) in [6.45, 7) is 2.32. The first-order chi connectivity index (χ1) is 8.65. The molecule has 0 radical (unpaired) electrons. The van der Waals surface area contributed by atoms with Crippen LogP contribution >= 0.6 is 11.6 Å². The van der Waals surface area contributed by atoms with Crippen molar-refractivity contribution in [2.45, 2.75) is 19.3 Å². The van der Waals surface area contributed by atoms with Gasteiger partial charge in [-0.15, -0.1) is 0 Å². The maximum Gasteiger partial charge on any atom is 0.126 e. The Morgan fingerprint density at radius 1 is 1.50 bits per heavy atom. The van der Waals surface area contributed by atoms with Gasteiger partial charge in [-0.05, 0) is 50.1 Å². The fourth-order valence-electron chi connectivity index (χ4n) is 2.71. The predicted octanol–water partition coefficient (Wildman–Crippen LogP) is 3.04. The van der Waals surface area contributed by atoms with Gasteiger partial charge in [0.05, 0.1) is 6.61 Å². The number of hydrogen-bond acceptors (Lipinski definition) is 2. The minimum Gasteiger partial charge on any atom is -0.381 e. The van der Waals surface area contributed by atoms with Gasteiger partial charge < -0.3 is 10.1 Å². The highest BCUT2D eigenvalue weighted by molar-refractivity contribution is 6.30. The topological polar surface area (TPSA) is 21.3 Å². The Morgan fingerprint density at radius 3 is 3.00 bits per heavy atom. The molecule has 1 aliphatic rings. The standard InChI is InChI=1S/C14H19ClFNO/c1-17-9-14(5-2-6-18-10-14)8-11-7-12(15)3-4-13(11)16/h3-4,7,17H,2,5-6,8-10H2,1H3. The van der Waals surface area contributed by atoms with Crippen LogP contribution in [0.5, 0.6) is 0 Å². The van der Waals surface area contributed by atoms with Crippen molar-refractivity contribution in [2.24, 2.45) is 5.41 Å². The first kappa shape index (κ1) is 13.8. The van der Waals surface area contributed by atoms with E-state index in [4.69, 9.17) is 16.3 Å². The van der Waals surface area contributed by atoms with Crippen LogP contribution in [0.4, 0.5) is 4.39 Å². The SMILES string of the molecule is CNCC1(Cc2cc(Cl)ccc2F)CCCOC1. The van der Waals surface area contributed by atoms with Crippen molar-refractivity contribution in [3.05, 3.63) is 34.6 Å². The van der Waals surface area contributed by atoms with Crippen LogP contribution in [0.25, 0.3) is 0 Å². The van der Waals surface area contributed by atoms with Crippen LogP contribution in [0.2, 0.25) is 5.02 Å². The first-order valence-corrected chi connectivity index (χ1v) is 6.69. The van der Waals surface area contributed by atoms with Gasteiger partial charge in [0.1, 0.15) is 5.82 Å². The fraction of sp³-hybridized carbons (Fsp3) is 0.571. The third-order valence-corrected chi connectivity index (χ3v) is 3.76. The summed E-state index contributed by atoms with van der Waals surface area (Å²) >= 11 is 5.94. The molecule has 100 valence electrons. The number of hydrogen-bond donors (Lipinski definition) is 1. The third kappa shape index (κ3) is 3.22. The van der Waals surface area contributed by atoms with Gasteiger partial charge in [0.2, 0.25) is 0 Å². The third-order valence-electron chi connectivity index (χ3n) is 3.53. The molecule has 1 heterocycles. The van der Waals surface area contributed by atoms with E-state index in [0.29, 0.717) is 23.6 Å². The molecule has 0 aromatic heterocycles. The summed E-state index contributed by atoms with van der Waals surface area (Å²) in [7, 11) is 1.92. The zero-order chi connectivity index (χ0) is 13.0. The summed E-state index contributed by atoms with van der Waals surface area (Å²) in [5.74, 6) is -0.180. The van der Waals surface area contributed by atoms with E-state index in [9.17, 15) is 4.39 Å². The maximum atomic E-state index is 13.8. The van der Waals surface area contributed by atoms with Crippen LogP contribution < -0.4 is 5.32 Å². The predicted molar refractivity (Wildman–Crippen MR) is 71.5 cm³/mol. The molecule has 2 nitrogen and oxygen atoms in total. The molecule has 0 spiro atoms. The maximum absolute atomic E-state index is 13.8. The Hall–Kier alpha value is -0.640. The zero-order valence-corrected chi connectivity index (χ0v) is 11.4. The van der Waals surface area contributed by atoms with Gasteiger partial charge in [-0.3, -0.25) is 0 Å². The van der Waals surface area contributed by atoms with Crippen molar-refractivity contribution in [3.8, 4) is 0 Å². The van der Waals surface area contributed by atoms with E-state index < -0.39 is 0 Å². The van der Waals surface area contributed by atoms with Crippen molar-refractivity contribution >= 4 is 11.6 Å². The Kier molecular flexibility index (Phi) is 4.60. The van der Waals surface area contributed by atoms with Crippen LogP contribution in [0.15, 0.2) is 18.2 Å². The van der Waals surface area contributed by atoms with Crippen LogP contribution in [-0.4, -0.2) is 26.8 Å². The van der Waals surface area contributed by atoms with Gasteiger partial charge in [0.15, 0.2) is 0 Å². The number of rotatable bonds is 4. The monoisotopic (exact) mass is 271 g/mol. The molecule has 1 fully saturated rings. The van der Waals surface area contributed by atoms with Gasteiger partial charge in [0.25, 0.3) is 0 Å². The molecule has 1 aromatic rings. The normalized spacial score (nSPS) is 24.2. The summed E-state index contributed by atoms with van der Waals surface area (Å²) in [4.78, 5) is 0. The van der Waals surface area contributed by atoms with E-state index in [-0.39, 0.29) is 11.2 Å². The lowest BCUT2D eigenvalue weighted by Gasteiger charge is -2.37. The summed E-state index contributed by atoms with van der Waals surface area (Å²) in [6, 6.07) is 4.75. The molecule has 2 rings (SSSR count). The number of nitrogens with one attached hydrogen (secondary N) is 1. The molecule has 0 aliphatic carbocycles. The van der Waals surface area contributed by atoms with Gasteiger partial charge in [-0.2, -0.15) is 0 Å². The van der Waals surface area contributed by atoms with Gasteiger partial charge in [0, 0.05) is 23.6 Å². The minimum absolute atomic E-state index is 0.0154. The molecule has 1 N–H and O–H groups in total. The first-order valence-electron chi connectivity index (χ1n) is 6.31. The molecule has 4 heteroatoms. The van der Waals surface area contributed by atoms with E-state index in [2.05, 4.69) is 5.32 Å². The van der Waals surface area contributed by atoms with Crippen LogP contribution in [0.3, 0.4) is 0 Å². The Balaban J connectivity index is 2.19. The minimum atomic E-state index is -0.180. The fourth-order valence-corrected chi connectivity index (χ4v) is 2.90. The lowest BCUT2D eigenvalue weighted by Crippen LogP contribution is -2.41. The van der Waals surface area contributed by atoms with E-state index in [1.807, 2.05) is 7.05 Å². The van der Waals surface area contributed by atoms with E-state index in [1.165, 1.54) is 6.07 Å². The molecule has 0 amide bonds. The highest BCUT2D eigenvalue weighted by Gasteiger charge is 2.33. The highest BCUT2D eigenvalue weighted by atomic mass is 35.5. The van der Waals surface area contributed by atoms with Crippen molar-refractivity contribution < 1.29 is 9.13 Å². The van der Waals surface area contributed by atoms with E-state index in [0.717, 1.165) is 26.0 Å². The molecule has 0 saturated carbocycles. The molecule has 1 saturated heterocycles. The molecule has 1 aliphatic heterocycles. The van der Waals surface area contributed by atoms with Crippen LogP contribution in [0, 0.1) is 11.2 Å². The van der Waals surface area contributed by atoms with Crippen LogP contribution in [0.1, 0.15) is 18.4 Å². The van der Waals surface area contributed by atoms with Gasteiger partial charge in [-0.1, -0.05) is 11.6 Å². The smallest absolute Gasteiger partial charge is 0.126 e. The molecule has 18 heavy (non-hydrogen) atoms. The number of ether oxygens (including phenoxy) is 1. The van der Waals surface area contributed by atoms with Crippen molar-refractivity contribution in [2.75, 3.05) is 26.8 Å². The van der Waals surface area contributed by atoms with Crippen molar-refractivity contribution in [3.63, 3.8) is 0 Å².